The molecular weight excluding hydrogens is 447 g/mol. The van der Waals surface area contributed by atoms with E-state index in [0.717, 1.165) is 31.4 Å². The molecule has 3 heterocycles. The molecule has 0 spiro atoms. The predicted octanol–water partition coefficient (Wildman–Crippen LogP) is 5.62. The van der Waals surface area contributed by atoms with Crippen LogP contribution in [0, 0.1) is 0 Å². The Morgan fingerprint density at radius 3 is 2.65 bits per heavy atom. The van der Waals surface area contributed by atoms with Crippen molar-refractivity contribution in [2.75, 3.05) is 18.4 Å². The molecule has 34 heavy (non-hydrogen) atoms. The number of aromatic nitrogens is 3. The van der Waals surface area contributed by atoms with E-state index in [2.05, 4.69) is 15.4 Å². The van der Waals surface area contributed by atoms with Crippen molar-refractivity contribution in [3.05, 3.63) is 48.2 Å². The zero-order chi connectivity index (χ0) is 24.5. The van der Waals surface area contributed by atoms with Gasteiger partial charge in [0, 0.05) is 24.7 Å². The number of hydrogen-bond acceptors (Lipinski definition) is 5. The summed E-state index contributed by atoms with van der Waals surface area (Å²) in [5, 5.41) is 7.99. The molecule has 1 fully saturated rings. The fourth-order valence-electron chi connectivity index (χ4n) is 3.96. The fourth-order valence-corrected chi connectivity index (χ4v) is 3.96. The largest absolute Gasteiger partial charge is 0.444 e. The van der Waals surface area contributed by atoms with Crippen molar-refractivity contribution in [2.24, 2.45) is 0 Å². The van der Waals surface area contributed by atoms with Gasteiger partial charge in [-0.05, 0) is 64.3 Å². The standard InChI is InChI=1S/C24H28F3N5O2/c1-23(2,3)34-22(33)31-12-5-8-18(11-13-31)29-20-9-10-21-28-15-19(32(21)30-20)16-6-4-7-17(14-16)24(25,26)27/h4,6-7,9-10,14-15,18H,5,8,11-13H2,1-3H3,(H,29,30). The van der Waals surface area contributed by atoms with Gasteiger partial charge < -0.3 is 15.0 Å². The molecule has 0 saturated carbocycles. The van der Waals surface area contributed by atoms with Gasteiger partial charge >= 0.3 is 12.3 Å². The molecular formula is C24H28F3N5O2. The number of rotatable bonds is 3. The van der Waals surface area contributed by atoms with Gasteiger partial charge in [0.05, 0.1) is 17.5 Å². The topological polar surface area (TPSA) is 71.8 Å². The molecule has 0 aliphatic carbocycles. The molecule has 7 nitrogen and oxygen atoms in total. The first-order valence-electron chi connectivity index (χ1n) is 11.3. The van der Waals surface area contributed by atoms with Crippen LogP contribution in [-0.2, 0) is 10.9 Å². The summed E-state index contributed by atoms with van der Waals surface area (Å²) in [5.74, 6) is 0.592. The summed E-state index contributed by atoms with van der Waals surface area (Å²) in [5.41, 5.74) is 0.135. The molecule has 3 aromatic rings. The maximum atomic E-state index is 13.2. The van der Waals surface area contributed by atoms with Crippen LogP contribution in [0.2, 0.25) is 0 Å². The Labute approximate surface area is 195 Å². The minimum Gasteiger partial charge on any atom is -0.444 e. The van der Waals surface area contributed by atoms with Crippen LogP contribution in [0.1, 0.15) is 45.6 Å². The van der Waals surface area contributed by atoms with E-state index in [-0.39, 0.29) is 12.1 Å². The normalized spacial score (nSPS) is 17.5. The highest BCUT2D eigenvalue weighted by atomic mass is 19.4. The molecule has 1 N–H and O–H groups in total. The van der Waals surface area contributed by atoms with Crippen LogP contribution in [0.15, 0.2) is 42.6 Å². The van der Waals surface area contributed by atoms with Crippen LogP contribution >= 0.6 is 0 Å². The number of amides is 1. The van der Waals surface area contributed by atoms with Gasteiger partial charge in [0.2, 0.25) is 0 Å². The van der Waals surface area contributed by atoms with Crippen LogP contribution in [0.4, 0.5) is 23.8 Å². The lowest BCUT2D eigenvalue weighted by Crippen LogP contribution is -2.37. The molecule has 0 bridgehead atoms. The number of likely N-dealkylation sites (tertiary alicyclic amines) is 1. The zero-order valence-corrected chi connectivity index (χ0v) is 19.4. The molecule has 1 aliphatic rings. The third-order valence-electron chi connectivity index (χ3n) is 5.58. The van der Waals surface area contributed by atoms with Gasteiger partial charge in [-0.15, -0.1) is 5.10 Å². The first-order valence-corrected chi connectivity index (χ1v) is 11.3. The molecule has 1 amide bonds. The number of carbonyl (C=O) groups excluding carboxylic acids is 1. The lowest BCUT2D eigenvalue weighted by molar-refractivity contribution is -0.137. The van der Waals surface area contributed by atoms with Gasteiger partial charge in [0.15, 0.2) is 5.65 Å². The lowest BCUT2D eigenvalue weighted by Gasteiger charge is -2.26. The van der Waals surface area contributed by atoms with E-state index in [9.17, 15) is 18.0 Å². The van der Waals surface area contributed by atoms with E-state index >= 15 is 0 Å². The smallest absolute Gasteiger partial charge is 0.416 e. The third-order valence-corrected chi connectivity index (χ3v) is 5.58. The zero-order valence-electron chi connectivity index (χ0n) is 19.4. The summed E-state index contributed by atoms with van der Waals surface area (Å²) < 4.78 is 46.5. The first kappa shape index (κ1) is 23.8. The number of halogens is 3. The lowest BCUT2D eigenvalue weighted by atomic mass is 10.1. The average molecular weight is 476 g/mol. The molecule has 1 saturated heterocycles. The Morgan fingerprint density at radius 2 is 1.91 bits per heavy atom. The Kier molecular flexibility index (Phi) is 6.42. The number of benzene rings is 1. The van der Waals surface area contributed by atoms with Crippen LogP contribution in [0.3, 0.4) is 0 Å². The van der Waals surface area contributed by atoms with Crippen molar-refractivity contribution in [3.8, 4) is 11.3 Å². The summed E-state index contributed by atoms with van der Waals surface area (Å²) in [6.45, 7) is 6.73. The van der Waals surface area contributed by atoms with Crippen molar-refractivity contribution in [1.29, 1.82) is 0 Å². The predicted molar refractivity (Wildman–Crippen MR) is 122 cm³/mol. The van der Waals surface area contributed by atoms with E-state index in [0.29, 0.717) is 35.8 Å². The number of nitrogens with one attached hydrogen (secondary N) is 1. The molecule has 10 heteroatoms. The highest BCUT2D eigenvalue weighted by Crippen LogP contribution is 2.32. The van der Waals surface area contributed by atoms with E-state index in [1.165, 1.54) is 12.3 Å². The SMILES string of the molecule is CC(C)(C)OC(=O)N1CCCC(Nc2ccc3ncc(-c4cccc(C(F)(F)F)c4)n3n2)CC1. The van der Waals surface area contributed by atoms with E-state index in [1.54, 1.807) is 27.6 Å². The summed E-state index contributed by atoms with van der Waals surface area (Å²) in [4.78, 5) is 18.4. The molecule has 182 valence electrons. The summed E-state index contributed by atoms with van der Waals surface area (Å²) in [6, 6.07) is 8.79. The van der Waals surface area contributed by atoms with Crippen LogP contribution in [-0.4, -0.2) is 50.3 Å². The van der Waals surface area contributed by atoms with Gasteiger partial charge in [0.1, 0.15) is 11.4 Å². The maximum absolute atomic E-state index is 13.2. The van der Waals surface area contributed by atoms with Gasteiger partial charge in [-0.1, -0.05) is 12.1 Å². The van der Waals surface area contributed by atoms with Gasteiger partial charge in [0.25, 0.3) is 0 Å². The number of ether oxygens (including phenoxy) is 1. The second-order valence-electron chi connectivity index (χ2n) is 9.45. The number of anilines is 1. The molecule has 1 aliphatic heterocycles. The number of hydrogen-bond donors (Lipinski definition) is 1. The molecule has 4 rings (SSSR count). The van der Waals surface area contributed by atoms with Crippen molar-refractivity contribution in [2.45, 2.75) is 57.9 Å². The maximum Gasteiger partial charge on any atom is 0.416 e. The van der Waals surface area contributed by atoms with Gasteiger partial charge in [-0.2, -0.15) is 13.2 Å². The van der Waals surface area contributed by atoms with E-state index < -0.39 is 17.3 Å². The molecule has 1 atom stereocenters. The van der Waals surface area contributed by atoms with Crippen LogP contribution < -0.4 is 5.32 Å². The summed E-state index contributed by atoms with van der Waals surface area (Å²) in [7, 11) is 0. The van der Waals surface area contributed by atoms with Crippen molar-refractivity contribution in [3.63, 3.8) is 0 Å². The quantitative estimate of drug-likeness (QED) is 0.533. The van der Waals surface area contributed by atoms with Crippen LogP contribution in [0.25, 0.3) is 16.9 Å². The highest BCUT2D eigenvalue weighted by Gasteiger charge is 2.31. The number of imidazole rings is 1. The minimum atomic E-state index is -4.43. The van der Waals surface area contributed by atoms with Crippen molar-refractivity contribution < 1.29 is 22.7 Å². The van der Waals surface area contributed by atoms with Gasteiger partial charge in [-0.25, -0.2) is 14.3 Å². The number of alkyl halides is 3. The van der Waals surface area contributed by atoms with Crippen molar-refractivity contribution >= 4 is 17.6 Å². The average Bonchev–Trinajstić information content (AvgIpc) is 3.02. The van der Waals surface area contributed by atoms with Gasteiger partial charge in [-0.3, -0.25) is 0 Å². The minimum absolute atomic E-state index is 0.0953. The van der Waals surface area contributed by atoms with E-state index in [4.69, 9.17) is 4.74 Å². The Bertz CT molecular complexity index is 1170. The summed E-state index contributed by atoms with van der Waals surface area (Å²) in [6.07, 6.45) is -0.821. The third kappa shape index (κ3) is 5.60. The highest BCUT2D eigenvalue weighted by molar-refractivity contribution is 5.68. The monoisotopic (exact) mass is 475 g/mol. The fraction of sp³-hybridized carbons (Fsp3) is 0.458. The van der Waals surface area contributed by atoms with Crippen molar-refractivity contribution in [1.82, 2.24) is 19.5 Å². The summed E-state index contributed by atoms with van der Waals surface area (Å²) >= 11 is 0. The molecule has 1 aromatic carbocycles. The number of fused-ring (bicyclic) bond motifs is 1. The van der Waals surface area contributed by atoms with E-state index in [1.807, 2.05) is 20.8 Å². The number of carbonyl (C=O) groups is 1. The Hall–Kier alpha value is -3.30. The molecule has 0 radical (unpaired) electrons. The number of nitrogens with zero attached hydrogens (tertiary/aromatic N) is 4. The first-order chi connectivity index (χ1) is 16.0. The van der Waals surface area contributed by atoms with Crippen LogP contribution in [0.5, 0.6) is 0 Å². The second kappa shape index (κ2) is 9.15. The Balaban J connectivity index is 1.49. The Morgan fingerprint density at radius 1 is 1.12 bits per heavy atom. The second-order valence-corrected chi connectivity index (χ2v) is 9.45. The molecule has 2 aromatic heterocycles. The molecule has 1 unspecified atom stereocenters.